The second-order valence-corrected chi connectivity index (χ2v) is 12.7. The van der Waals surface area contributed by atoms with Crippen molar-refractivity contribution in [3.63, 3.8) is 0 Å². The minimum Gasteiger partial charge on any atom is -0.352 e. The molecule has 4 rings (SSSR count). The first-order valence-electron chi connectivity index (χ1n) is 13.7. The molecule has 1 saturated carbocycles. The molecular weight excluding hydrogens is 565 g/mol. The van der Waals surface area contributed by atoms with Crippen LogP contribution in [-0.2, 0) is 26.2 Å². The maximum absolute atomic E-state index is 14.7. The van der Waals surface area contributed by atoms with Crippen LogP contribution in [0.15, 0.2) is 77.7 Å². The van der Waals surface area contributed by atoms with Gasteiger partial charge in [-0.05, 0) is 74.7 Å². The summed E-state index contributed by atoms with van der Waals surface area (Å²) in [6.07, 6.45) is 4.88. The molecule has 0 spiro atoms. The van der Waals surface area contributed by atoms with Crippen LogP contribution < -0.4 is 9.62 Å². The molecule has 1 N–H and O–H groups in total. The van der Waals surface area contributed by atoms with Crippen molar-refractivity contribution < 1.29 is 22.4 Å². The molecule has 1 fully saturated rings. The van der Waals surface area contributed by atoms with Gasteiger partial charge >= 0.3 is 0 Å². The van der Waals surface area contributed by atoms with Crippen molar-refractivity contribution in [1.29, 1.82) is 0 Å². The zero-order valence-corrected chi connectivity index (χ0v) is 24.8. The van der Waals surface area contributed by atoms with Gasteiger partial charge in [-0.2, -0.15) is 0 Å². The van der Waals surface area contributed by atoms with Gasteiger partial charge in [-0.3, -0.25) is 13.9 Å². The van der Waals surface area contributed by atoms with E-state index in [0.29, 0.717) is 10.7 Å². The van der Waals surface area contributed by atoms with Gasteiger partial charge in [0.25, 0.3) is 10.0 Å². The number of sulfonamides is 1. The minimum atomic E-state index is -4.21. The second-order valence-electron chi connectivity index (χ2n) is 10.4. The molecule has 0 radical (unpaired) electrons. The van der Waals surface area contributed by atoms with Crippen molar-refractivity contribution in [3.8, 4) is 0 Å². The van der Waals surface area contributed by atoms with Crippen molar-refractivity contribution >= 4 is 39.1 Å². The maximum atomic E-state index is 14.7. The summed E-state index contributed by atoms with van der Waals surface area (Å²) in [5, 5.41) is 3.41. The highest BCUT2D eigenvalue weighted by atomic mass is 35.5. The van der Waals surface area contributed by atoms with E-state index < -0.39 is 34.3 Å². The van der Waals surface area contributed by atoms with Crippen LogP contribution in [0.1, 0.15) is 50.2 Å². The lowest BCUT2D eigenvalue weighted by Gasteiger charge is -2.33. The highest BCUT2D eigenvalue weighted by Crippen LogP contribution is 2.26. The first-order valence-corrected chi connectivity index (χ1v) is 15.6. The Bertz CT molecular complexity index is 1480. The van der Waals surface area contributed by atoms with Crippen LogP contribution in [0.4, 0.5) is 10.1 Å². The first kappa shape index (κ1) is 30.5. The average molecular weight is 600 g/mol. The van der Waals surface area contributed by atoms with E-state index in [1.807, 2.05) is 13.0 Å². The fourth-order valence-corrected chi connectivity index (χ4v) is 6.54. The molecule has 41 heavy (non-hydrogen) atoms. The van der Waals surface area contributed by atoms with Crippen molar-refractivity contribution in [3.05, 3.63) is 94.8 Å². The third-order valence-corrected chi connectivity index (χ3v) is 9.43. The number of hydrogen-bond acceptors (Lipinski definition) is 4. The Morgan fingerprint density at radius 1 is 1.00 bits per heavy atom. The molecule has 0 aromatic heterocycles. The van der Waals surface area contributed by atoms with Gasteiger partial charge in [0.1, 0.15) is 18.4 Å². The topological polar surface area (TPSA) is 86.8 Å². The van der Waals surface area contributed by atoms with Crippen molar-refractivity contribution in [2.75, 3.05) is 10.8 Å². The number of carbonyl (C=O) groups is 2. The van der Waals surface area contributed by atoms with Crippen LogP contribution in [0.2, 0.25) is 5.02 Å². The third kappa shape index (κ3) is 7.65. The van der Waals surface area contributed by atoms with Gasteiger partial charge in [-0.15, -0.1) is 0 Å². The van der Waals surface area contributed by atoms with Gasteiger partial charge < -0.3 is 10.2 Å². The van der Waals surface area contributed by atoms with Gasteiger partial charge in [0, 0.05) is 23.2 Å². The number of aryl methyl sites for hydroxylation is 1. The molecular formula is C31H35ClFN3O4S. The largest absolute Gasteiger partial charge is 0.352 e. The zero-order chi connectivity index (χ0) is 29.6. The smallest absolute Gasteiger partial charge is 0.264 e. The van der Waals surface area contributed by atoms with Crippen LogP contribution in [0.25, 0.3) is 0 Å². The summed E-state index contributed by atoms with van der Waals surface area (Å²) >= 11 is 5.99. The van der Waals surface area contributed by atoms with Gasteiger partial charge in [0.2, 0.25) is 11.8 Å². The standard InChI is InChI=1S/C31H35ClFN3O4S/c1-22-9-8-13-27(19-22)36(41(39,40)28-17-15-25(32)16-18-28)21-30(37)35(20-24-10-6-7-14-29(24)33)23(2)31(38)34-26-11-4-3-5-12-26/h6-10,13-19,23,26H,3-5,11-12,20-21H2,1-2H3,(H,34,38). The van der Waals surface area contributed by atoms with E-state index in [-0.39, 0.29) is 29.0 Å². The number of nitrogens with one attached hydrogen (secondary N) is 1. The highest BCUT2D eigenvalue weighted by Gasteiger charge is 2.33. The SMILES string of the molecule is Cc1cccc(N(CC(=O)N(Cc2ccccc2F)C(C)C(=O)NC2CCCCC2)S(=O)(=O)c2ccc(Cl)cc2)c1. The molecule has 1 aliphatic rings. The number of nitrogens with zero attached hydrogens (tertiary/aromatic N) is 2. The van der Waals surface area contributed by atoms with Crippen LogP contribution >= 0.6 is 11.6 Å². The Labute approximate surface area is 246 Å². The second kappa shape index (κ2) is 13.5. The van der Waals surface area contributed by atoms with E-state index in [1.54, 1.807) is 43.3 Å². The summed E-state index contributed by atoms with van der Waals surface area (Å²) in [6.45, 7) is 2.61. The van der Waals surface area contributed by atoms with Crippen molar-refractivity contribution in [1.82, 2.24) is 10.2 Å². The summed E-state index contributed by atoms with van der Waals surface area (Å²) < 4.78 is 43.5. The van der Waals surface area contributed by atoms with E-state index in [9.17, 15) is 22.4 Å². The molecule has 7 nitrogen and oxygen atoms in total. The molecule has 1 unspecified atom stereocenters. The molecule has 1 atom stereocenters. The Kier molecular flexibility index (Phi) is 10.0. The van der Waals surface area contributed by atoms with E-state index >= 15 is 0 Å². The van der Waals surface area contributed by atoms with Gasteiger partial charge in [0.15, 0.2) is 0 Å². The highest BCUT2D eigenvalue weighted by molar-refractivity contribution is 7.92. The lowest BCUT2D eigenvalue weighted by molar-refractivity contribution is -0.139. The van der Waals surface area contributed by atoms with Crippen molar-refractivity contribution in [2.45, 2.75) is 69.5 Å². The molecule has 10 heteroatoms. The predicted octanol–water partition coefficient (Wildman–Crippen LogP) is 5.85. The first-order chi connectivity index (χ1) is 19.6. The Balaban J connectivity index is 1.68. The predicted molar refractivity (Wildman–Crippen MR) is 159 cm³/mol. The minimum absolute atomic E-state index is 0.0122. The number of hydrogen-bond donors (Lipinski definition) is 1. The normalized spacial score (nSPS) is 14.7. The number of anilines is 1. The van der Waals surface area contributed by atoms with Gasteiger partial charge in [0.05, 0.1) is 10.6 Å². The molecule has 218 valence electrons. The number of benzene rings is 3. The van der Waals surface area contributed by atoms with Crippen LogP contribution in [-0.4, -0.2) is 43.8 Å². The summed E-state index contributed by atoms with van der Waals surface area (Å²) in [4.78, 5) is 28.5. The quantitative estimate of drug-likeness (QED) is 0.317. The Morgan fingerprint density at radius 3 is 2.34 bits per heavy atom. The van der Waals surface area contributed by atoms with E-state index in [0.717, 1.165) is 42.0 Å². The van der Waals surface area contributed by atoms with Gasteiger partial charge in [-0.1, -0.05) is 61.2 Å². The zero-order valence-electron chi connectivity index (χ0n) is 23.2. The Morgan fingerprint density at radius 2 is 1.68 bits per heavy atom. The molecule has 0 saturated heterocycles. The number of rotatable bonds is 10. The molecule has 1 aliphatic carbocycles. The summed E-state index contributed by atoms with van der Waals surface area (Å²) in [5.74, 6) is -1.52. The fraction of sp³-hybridized carbons (Fsp3) is 0.355. The maximum Gasteiger partial charge on any atom is 0.264 e. The van der Waals surface area contributed by atoms with E-state index in [2.05, 4.69) is 5.32 Å². The molecule has 0 bridgehead atoms. The number of carbonyl (C=O) groups excluding carboxylic acids is 2. The number of amides is 2. The Hall–Kier alpha value is -3.43. The molecule has 0 aliphatic heterocycles. The van der Waals surface area contributed by atoms with Crippen molar-refractivity contribution in [2.24, 2.45) is 0 Å². The molecule has 2 amide bonds. The monoisotopic (exact) mass is 599 g/mol. The lowest BCUT2D eigenvalue weighted by atomic mass is 9.95. The summed E-state index contributed by atoms with van der Waals surface area (Å²) in [7, 11) is -4.21. The third-order valence-electron chi connectivity index (χ3n) is 7.39. The number of halogens is 2. The van der Waals surface area contributed by atoms with Crippen LogP contribution in [0.5, 0.6) is 0 Å². The molecule has 3 aromatic rings. The van der Waals surface area contributed by atoms with Crippen LogP contribution in [0, 0.1) is 12.7 Å². The van der Waals surface area contributed by atoms with Gasteiger partial charge in [-0.25, -0.2) is 12.8 Å². The van der Waals surface area contributed by atoms with E-state index in [4.69, 9.17) is 11.6 Å². The summed E-state index contributed by atoms with van der Waals surface area (Å²) in [6, 6.07) is 17.6. The van der Waals surface area contributed by atoms with E-state index in [1.165, 1.54) is 35.2 Å². The fourth-order valence-electron chi connectivity index (χ4n) is 5.01. The molecule has 0 heterocycles. The summed E-state index contributed by atoms with van der Waals surface area (Å²) in [5.41, 5.74) is 1.31. The van der Waals surface area contributed by atoms with Crippen LogP contribution in [0.3, 0.4) is 0 Å². The average Bonchev–Trinajstić information content (AvgIpc) is 2.95. The lowest BCUT2D eigenvalue weighted by Crippen LogP contribution is -2.53. The molecule has 3 aromatic carbocycles.